The number of ether oxygens (including phenoxy) is 1. The van der Waals surface area contributed by atoms with E-state index >= 15 is 0 Å². The van der Waals surface area contributed by atoms with Crippen molar-refractivity contribution >= 4 is 27.6 Å². The molecule has 116 valence electrons. The molecule has 3 aromatic rings. The van der Waals surface area contributed by atoms with Crippen LogP contribution in [0.2, 0.25) is 0 Å². The molecule has 4 rings (SSSR count). The van der Waals surface area contributed by atoms with Crippen LogP contribution in [0.4, 0.5) is 0 Å². The maximum Gasteiger partial charge on any atom is 0.134 e. The fourth-order valence-electron chi connectivity index (χ4n) is 2.93. The van der Waals surface area contributed by atoms with Crippen molar-refractivity contribution in [3.8, 4) is 16.9 Å². The Kier molecular flexibility index (Phi) is 3.83. The van der Waals surface area contributed by atoms with Crippen LogP contribution < -0.4 is 4.74 Å². The van der Waals surface area contributed by atoms with Gasteiger partial charge in [0.1, 0.15) is 5.75 Å². The second kappa shape index (κ2) is 6.14. The van der Waals surface area contributed by atoms with E-state index < -0.39 is 0 Å². The normalized spacial score (nSPS) is 14.0. The quantitative estimate of drug-likeness (QED) is 0.469. The zero-order valence-corrected chi connectivity index (χ0v) is 14.6. The first-order valence-electron chi connectivity index (χ1n) is 7.74. The average molecular weight is 375 g/mol. The summed E-state index contributed by atoms with van der Waals surface area (Å²) in [4.78, 5) is 0. The summed E-state index contributed by atoms with van der Waals surface area (Å²) in [6.07, 6.45) is 3.73. The SMILES string of the molecule is C=C1c2ccccc2/C=C\Oc2cc(-c3ccc(Br)cc3)ccc21. The molecular weight excluding hydrogens is 360 g/mol. The molecule has 0 amide bonds. The van der Waals surface area contributed by atoms with E-state index in [1.807, 2.05) is 30.3 Å². The molecule has 24 heavy (non-hydrogen) atoms. The van der Waals surface area contributed by atoms with E-state index in [2.05, 4.69) is 65.0 Å². The fraction of sp³-hybridized carbons (Fsp3) is 0. The second-order valence-electron chi connectivity index (χ2n) is 5.70. The minimum absolute atomic E-state index is 0.825. The molecule has 0 aliphatic carbocycles. The van der Waals surface area contributed by atoms with Crippen LogP contribution in [-0.4, -0.2) is 0 Å². The molecule has 1 aliphatic heterocycles. The summed E-state index contributed by atoms with van der Waals surface area (Å²) in [6, 6.07) is 22.8. The van der Waals surface area contributed by atoms with Crippen molar-refractivity contribution in [2.24, 2.45) is 0 Å². The predicted octanol–water partition coefficient (Wildman–Crippen LogP) is 6.54. The van der Waals surface area contributed by atoms with E-state index in [1.165, 1.54) is 0 Å². The highest BCUT2D eigenvalue weighted by molar-refractivity contribution is 9.10. The standard InChI is InChI=1S/C22H15BrO/c1-15-20-5-3-2-4-17(20)12-13-24-22-14-18(8-11-21(15)22)16-6-9-19(23)10-7-16/h2-14H,1H2/b13-12-. The van der Waals surface area contributed by atoms with Gasteiger partial charge in [0.2, 0.25) is 0 Å². The number of benzene rings is 3. The van der Waals surface area contributed by atoms with Gasteiger partial charge in [-0.05, 0) is 52.1 Å². The van der Waals surface area contributed by atoms with Crippen LogP contribution in [0.25, 0.3) is 22.8 Å². The minimum atomic E-state index is 0.825. The molecule has 0 aromatic heterocycles. The lowest BCUT2D eigenvalue weighted by Gasteiger charge is -2.17. The van der Waals surface area contributed by atoms with Crippen molar-refractivity contribution in [1.29, 1.82) is 0 Å². The predicted molar refractivity (Wildman–Crippen MR) is 104 cm³/mol. The molecule has 2 heteroatoms. The number of hydrogen-bond donors (Lipinski definition) is 0. The highest BCUT2D eigenvalue weighted by Gasteiger charge is 2.14. The summed E-state index contributed by atoms with van der Waals surface area (Å²) in [7, 11) is 0. The molecule has 0 fully saturated rings. The molecular formula is C22H15BrO. The Hall–Kier alpha value is -2.58. The van der Waals surface area contributed by atoms with Crippen molar-refractivity contribution in [1.82, 2.24) is 0 Å². The van der Waals surface area contributed by atoms with Gasteiger partial charge in [-0.3, -0.25) is 0 Å². The zero-order valence-electron chi connectivity index (χ0n) is 13.0. The summed E-state index contributed by atoms with van der Waals surface area (Å²) >= 11 is 3.47. The molecule has 0 saturated heterocycles. The van der Waals surface area contributed by atoms with Gasteiger partial charge in [0.05, 0.1) is 6.26 Å². The third kappa shape index (κ3) is 2.70. The summed E-state index contributed by atoms with van der Waals surface area (Å²) in [5.41, 5.74) is 6.53. The second-order valence-corrected chi connectivity index (χ2v) is 6.62. The molecule has 0 bridgehead atoms. The Bertz CT molecular complexity index is 952. The molecule has 0 N–H and O–H groups in total. The van der Waals surface area contributed by atoms with Crippen LogP contribution in [-0.2, 0) is 0 Å². The van der Waals surface area contributed by atoms with E-state index in [1.54, 1.807) is 6.26 Å². The van der Waals surface area contributed by atoms with Gasteiger partial charge in [0, 0.05) is 10.0 Å². The van der Waals surface area contributed by atoms with Crippen LogP contribution in [0, 0.1) is 0 Å². The maximum atomic E-state index is 5.89. The van der Waals surface area contributed by atoms with Gasteiger partial charge in [-0.15, -0.1) is 0 Å². The van der Waals surface area contributed by atoms with Crippen LogP contribution in [0.3, 0.4) is 0 Å². The summed E-state index contributed by atoms with van der Waals surface area (Å²) in [5, 5.41) is 0. The van der Waals surface area contributed by atoms with Crippen molar-refractivity contribution in [3.63, 3.8) is 0 Å². The first kappa shape index (κ1) is 15.0. The molecule has 0 saturated carbocycles. The third-order valence-corrected chi connectivity index (χ3v) is 4.74. The van der Waals surface area contributed by atoms with Crippen LogP contribution in [0.5, 0.6) is 5.75 Å². The first-order valence-corrected chi connectivity index (χ1v) is 8.53. The molecule has 0 spiro atoms. The van der Waals surface area contributed by atoms with E-state index in [0.29, 0.717) is 0 Å². The third-order valence-electron chi connectivity index (χ3n) is 4.21. The summed E-state index contributed by atoms with van der Waals surface area (Å²) < 4.78 is 6.96. The molecule has 0 radical (unpaired) electrons. The first-order chi connectivity index (χ1) is 11.7. The monoisotopic (exact) mass is 374 g/mol. The summed E-state index contributed by atoms with van der Waals surface area (Å²) in [5.74, 6) is 0.825. The lowest BCUT2D eigenvalue weighted by atomic mass is 9.92. The number of fused-ring (bicyclic) bond motifs is 2. The van der Waals surface area contributed by atoms with Gasteiger partial charge in [-0.2, -0.15) is 0 Å². The Labute approximate surface area is 150 Å². The van der Waals surface area contributed by atoms with Crippen molar-refractivity contribution in [2.75, 3.05) is 0 Å². The Morgan fingerprint density at radius 3 is 2.38 bits per heavy atom. The molecule has 1 heterocycles. The molecule has 1 aliphatic rings. The zero-order chi connectivity index (χ0) is 16.5. The van der Waals surface area contributed by atoms with Crippen LogP contribution in [0.1, 0.15) is 16.7 Å². The van der Waals surface area contributed by atoms with E-state index in [-0.39, 0.29) is 0 Å². The fourth-order valence-corrected chi connectivity index (χ4v) is 3.20. The van der Waals surface area contributed by atoms with Crippen molar-refractivity contribution < 1.29 is 4.74 Å². The van der Waals surface area contributed by atoms with Gasteiger partial charge in [-0.1, -0.05) is 71.0 Å². The summed E-state index contributed by atoms with van der Waals surface area (Å²) in [6.45, 7) is 4.29. The highest BCUT2D eigenvalue weighted by Crippen LogP contribution is 2.37. The number of rotatable bonds is 1. The van der Waals surface area contributed by atoms with E-state index in [0.717, 1.165) is 43.6 Å². The molecule has 3 aromatic carbocycles. The van der Waals surface area contributed by atoms with E-state index in [4.69, 9.17) is 4.74 Å². The van der Waals surface area contributed by atoms with Crippen LogP contribution in [0.15, 0.2) is 84.0 Å². The van der Waals surface area contributed by atoms with Gasteiger partial charge in [0.15, 0.2) is 0 Å². The highest BCUT2D eigenvalue weighted by atomic mass is 79.9. The van der Waals surface area contributed by atoms with Gasteiger partial charge < -0.3 is 4.74 Å². The number of hydrogen-bond acceptors (Lipinski definition) is 1. The van der Waals surface area contributed by atoms with Crippen molar-refractivity contribution in [2.45, 2.75) is 0 Å². The topological polar surface area (TPSA) is 9.23 Å². The smallest absolute Gasteiger partial charge is 0.134 e. The lowest BCUT2D eigenvalue weighted by Crippen LogP contribution is -1.97. The Morgan fingerprint density at radius 2 is 1.54 bits per heavy atom. The van der Waals surface area contributed by atoms with Gasteiger partial charge in [0.25, 0.3) is 0 Å². The molecule has 0 atom stereocenters. The van der Waals surface area contributed by atoms with E-state index in [9.17, 15) is 0 Å². The Morgan fingerprint density at radius 1 is 0.792 bits per heavy atom. The minimum Gasteiger partial charge on any atom is -0.464 e. The van der Waals surface area contributed by atoms with Gasteiger partial charge in [-0.25, -0.2) is 0 Å². The Balaban J connectivity index is 1.81. The number of halogens is 1. The van der Waals surface area contributed by atoms with Crippen LogP contribution >= 0.6 is 15.9 Å². The van der Waals surface area contributed by atoms with Crippen molar-refractivity contribution in [3.05, 3.63) is 101 Å². The molecule has 0 unspecified atom stereocenters. The largest absolute Gasteiger partial charge is 0.464 e. The van der Waals surface area contributed by atoms with Gasteiger partial charge >= 0.3 is 0 Å². The maximum absolute atomic E-state index is 5.89. The molecule has 1 nitrogen and oxygen atoms in total. The lowest BCUT2D eigenvalue weighted by molar-refractivity contribution is 0.483. The average Bonchev–Trinajstić information content (AvgIpc) is 2.61.